The predicted octanol–water partition coefficient (Wildman–Crippen LogP) is 13.3. The molecule has 0 saturated heterocycles. The summed E-state index contributed by atoms with van der Waals surface area (Å²) in [6, 6.07) is 66.6. The zero-order valence-electron chi connectivity index (χ0n) is 30.7. The molecule has 8 aromatic carbocycles. The van der Waals surface area contributed by atoms with Gasteiger partial charge in [-0.05, 0) is 72.5 Å². The lowest BCUT2D eigenvalue weighted by Crippen LogP contribution is -2.16. The average Bonchev–Trinajstić information content (AvgIpc) is 3.49. The number of fused-ring (bicyclic) bond motifs is 4. The molecule has 10 rings (SSSR count). The maximum Gasteiger partial charge on any atom is 0.164 e. The lowest BCUT2D eigenvalue weighted by molar-refractivity contribution is 0.662. The van der Waals surface area contributed by atoms with Gasteiger partial charge in [0.1, 0.15) is 0 Å². The smallest absolute Gasteiger partial charge is 0.164 e. The molecule has 0 unspecified atom stereocenters. The van der Waals surface area contributed by atoms with Crippen LogP contribution in [0.5, 0.6) is 0 Å². The lowest BCUT2D eigenvalue weighted by Gasteiger charge is -2.24. The highest BCUT2D eigenvalue weighted by Crippen LogP contribution is 2.52. The van der Waals surface area contributed by atoms with Crippen molar-refractivity contribution in [3.05, 3.63) is 199 Å². The van der Waals surface area contributed by atoms with E-state index in [4.69, 9.17) is 15.0 Å². The van der Waals surface area contributed by atoms with Gasteiger partial charge in [-0.3, -0.25) is 0 Å². The van der Waals surface area contributed by atoms with E-state index in [1.54, 1.807) is 0 Å². The average molecular weight is 704 g/mol. The second-order valence-electron chi connectivity index (χ2n) is 14.8. The number of hydrogen-bond acceptors (Lipinski definition) is 3. The maximum absolute atomic E-state index is 5.33. The summed E-state index contributed by atoms with van der Waals surface area (Å²) >= 11 is 0. The first kappa shape index (κ1) is 32.7. The zero-order chi connectivity index (χ0) is 36.9. The van der Waals surface area contributed by atoms with Crippen LogP contribution in [0.1, 0.15) is 25.0 Å². The van der Waals surface area contributed by atoms with Crippen LogP contribution in [0.2, 0.25) is 0 Å². The van der Waals surface area contributed by atoms with Gasteiger partial charge in [0.25, 0.3) is 0 Å². The van der Waals surface area contributed by atoms with Gasteiger partial charge >= 0.3 is 0 Å². The molecular formula is C52H37N3. The molecule has 9 aromatic rings. The fourth-order valence-electron chi connectivity index (χ4n) is 8.56. The van der Waals surface area contributed by atoms with Crippen LogP contribution in [0.3, 0.4) is 0 Å². The van der Waals surface area contributed by atoms with Crippen LogP contribution in [0.25, 0.3) is 89.4 Å². The topological polar surface area (TPSA) is 38.7 Å². The second-order valence-corrected chi connectivity index (χ2v) is 14.8. The minimum Gasteiger partial charge on any atom is -0.208 e. The Balaban J connectivity index is 1.20. The number of rotatable bonds is 6. The van der Waals surface area contributed by atoms with Crippen LogP contribution in [-0.4, -0.2) is 15.0 Å². The molecule has 0 saturated carbocycles. The Kier molecular flexibility index (Phi) is 7.81. The number of hydrogen-bond donors (Lipinski definition) is 0. The van der Waals surface area contributed by atoms with Crippen LogP contribution in [0.15, 0.2) is 188 Å². The van der Waals surface area contributed by atoms with E-state index in [0.29, 0.717) is 17.5 Å². The molecule has 0 fully saturated rings. The van der Waals surface area contributed by atoms with Gasteiger partial charge in [-0.2, -0.15) is 0 Å². The Morgan fingerprint density at radius 1 is 0.327 bits per heavy atom. The van der Waals surface area contributed by atoms with E-state index in [-0.39, 0.29) is 5.41 Å². The van der Waals surface area contributed by atoms with Crippen molar-refractivity contribution in [3.63, 3.8) is 0 Å². The molecule has 0 amide bonds. The largest absolute Gasteiger partial charge is 0.208 e. The number of nitrogens with zero attached hydrogens (tertiary/aromatic N) is 3. The van der Waals surface area contributed by atoms with Gasteiger partial charge in [0.15, 0.2) is 17.5 Å². The number of aromatic nitrogens is 3. The Morgan fingerprint density at radius 3 is 1.40 bits per heavy atom. The van der Waals surface area contributed by atoms with Crippen molar-refractivity contribution in [1.82, 2.24) is 15.0 Å². The summed E-state index contributed by atoms with van der Waals surface area (Å²) in [6.45, 7) is 4.70. The molecule has 0 spiro atoms. The van der Waals surface area contributed by atoms with Gasteiger partial charge in [0, 0.05) is 22.1 Å². The van der Waals surface area contributed by atoms with E-state index in [1.165, 1.54) is 33.4 Å². The predicted molar refractivity (Wildman–Crippen MR) is 228 cm³/mol. The number of benzene rings is 8. The monoisotopic (exact) mass is 703 g/mol. The first-order valence-corrected chi connectivity index (χ1v) is 18.9. The highest BCUT2D eigenvalue weighted by atomic mass is 15.0. The van der Waals surface area contributed by atoms with Gasteiger partial charge in [0.05, 0.1) is 0 Å². The molecule has 0 N–H and O–H groups in total. The van der Waals surface area contributed by atoms with Crippen molar-refractivity contribution in [2.45, 2.75) is 19.3 Å². The van der Waals surface area contributed by atoms with E-state index < -0.39 is 0 Å². The molecule has 1 aliphatic carbocycles. The van der Waals surface area contributed by atoms with Crippen LogP contribution < -0.4 is 0 Å². The summed E-state index contributed by atoms with van der Waals surface area (Å²) in [5.41, 5.74) is 14.9. The van der Waals surface area contributed by atoms with Crippen molar-refractivity contribution in [3.8, 4) is 78.7 Å². The van der Waals surface area contributed by atoms with Gasteiger partial charge in [0.2, 0.25) is 0 Å². The van der Waals surface area contributed by atoms with E-state index in [2.05, 4.69) is 190 Å². The van der Waals surface area contributed by atoms with Crippen molar-refractivity contribution < 1.29 is 0 Å². The third-order valence-electron chi connectivity index (χ3n) is 11.2. The fourth-order valence-corrected chi connectivity index (χ4v) is 8.56. The summed E-state index contributed by atoms with van der Waals surface area (Å²) in [7, 11) is 0. The summed E-state index contributed by atoms with van der Waals surface area (Å²) in [6.07, 6.45) is 0. The first-order chi connectivity index (χ1) is 27.0. The highest BCUT2D eigenvalue weighted by molar-refractivity contribution is 5.99. The Labute approximate surface area is 321 Å². The fraction of sp³-hybridized carbons (Fsp3) is 0.0577. The summed E-state index contributed by atoms with van der Waals surface area (Å²) in [5.74, 6) is 1.91. The SMILES string of the molecule is CC1(C)c2ccccc2-c2cccc(-c3ccc4cccc(-c5nc(-c6ccccc6-c6ccccc6)nc(-c6ccccc6-c6ccccc6)n5)c4c3)c21. The summed E-state index contributed by atoms with van der Waals surface area (Å²) in [4.78, 5) is 15.9. The van der Waals surface area contributed by atoms with Crippen LogP contribution >= 0.6 is 0 Å². The standard InChI is InChI=1S/C52H37N3/c1-52(2)47-30-14-13-24-41(47)42-28-16-27-40(48(42)52)37-32-31-36-21-15-29-45(46(36)33-37)51-54-49(43-25-11-9-22-38(43)34-17-5-3-6-18-34)53-50(55-51)44-26-12-10-23-39(44)35-19-7-4-8-20-35/h3-33H,1-2H3. The molecular weight excluding hydrogens is 667 g/mol. The third kappa shape index (κ3) is 5.55. The molecule has 1 aromatic heterocycles. The van der Waals surface area contributed by atoms with E-state index in [9.17, 15) is 0 Å². The quantitative estimate of drug-likeness (QED) is 0.173. The highest BCUT2D eigenvalue weighted by Gasteiger charge is 2.37. The Morgan fingerprint density at radius 2 is 0.782 bits per heavy atom. The van der Waals surface area contributed by atoms with Crippen LogP contribution in [-0.2, 0) is 5.41 Å². The van der Waals surface area contributed by atoms with Crippen LogP contribution in [0, 0.1) is 0 Å². The lowest BCUT2D eigenvalue weighted by atomic mass is 9.78. The van der Waals surface area contributed by atoms with Crippen LogP contribution in [0.4, 0.5) is 0 Å². The van der Waals surface area contributed by atoms with Crippen molar-refractivity contribution in [2.24, 2.45) is 0 Å². The molecule has 0 aliphatic heterocycles. The zero-order valence-corrected chi connectivity index (χ0v) is 30.7. The molecule has 1 heterocycles. The first-order valence-electron chi connectivity index (χ1n) is 18.9. The molecule has 3 heteroatoms. The van der Waals surface area contributed by atoms with Crippen molar-refractivity contribution in [1.29, 1.82) is 0 Å². The molecule has 0 atom stereocenters. The van der Waals surface area contributed by atoms with E-state index >= 15 is 0 Å². The molecule has 55 heavy (non-hydrogen) atoms. The third-order valence-corrected chi connectivity index (χ3v) is 11.2. The minimum absolute atomic E-state index is 0.132. The van der Waals surface area contributed by atoms with Crippen molar-refractivity contribution in [2.75, 3.05) is 0 Å². The normalized spacial score (nSPS) is 12.7. The molecule has 0 radical (unpaired) electrons. The maximum atomic E-state index is 5.33. The van der Waals surface area contributed by atoms with Gasteiger partial charge in [-0.1, -0.05) is 196 Å². The van der Waals surface area contributed by atoms with E-state index in [1.807, 2.05) is 12.1 Å². The second kappa shape index (κ2) is 13.2. The molecule has 260 valence electrons. The molecule has 3 nitrogen and oxygen atoms in total. The van der Waals surface area contributed by atoms with E-state index in [0.717, 1.165) is 49.7 Å². The summed E-state index contributed by atoms with van der Waals surface area (Å²) in [5, 5.41) is 2.23. The van der Waals surface area contributed by atoms with Crippen molar-refractivity contribution >= 4 is 10.8 Å². The van der Waals surface area contributed by atoms with Gasteiger partial charge in [-0.25, -0.2) is 15.0 Å². The van der Waals surface area contributed by atoms with Gasteiger partial charge < -0.3 is 0 Å². The minimum atomic E-state index is -0.132. The Hall–Kier alpha value is -6.97. The molecule has 0 bridgehead atoms. The Bertz CT molecular complexity index is 2790. The summed E-state index contributed by atoms with van der Waals surface area (Å²) < 4.78 is 0. The molecule has 1 aliphatic rings. The van der Waals surface area contributed by atoms with Gasteiger partial charge in [-0.15, -0.1) is 0 Å².